The number of hydrogen-bond acceptors (Lipinski definition) is 3. The molecule has 0 saturated carbocycles. The zero-order valence-electron chi connectivity index (χ0n) is 13.1. The Morgan fingerprint density at radius 3 is 2.76 bits per heavy atom. The van der Waals surface area contributed by atoms with E-state index in [1.165, 1.54) is 0 Å². The van der Waals surface area contributed by atoms with Gasteiger partial charge in [0.1, 0.15) is 0 Å². The van der Waals surface area contributed by atoms with Gasteiger partial charge in [0.15, 0.2) is 0 Å². The van der Waals surface area contributed by atoms with Crippen LogP contribution in [0.3, 0.4) is 0 Å². The first-order valence-corrected chi connectivity index (χ1v) is 7.63. The van der Waals surface area contributed by atoms with Crippen molar-refractivity contribution in [2.45, 2.75) is 52.7 Å². The van der Waals surface area contributed by atoms with E-state index >= 15 is 0 Å². The second-order valence-electron chi connectivity index (χ2n) is 5.52. The normalized spacial score (nSPS) is 18.3. The molecule has 0 N–H and O–H groups in total. The Labute approximate surface area is 125 Å². The summed E-state index contributed by atoms with van der Waals surface area (Å²) < 4.78 is 1.85. The van der Waals surface area contributed by atoms with Crippen molar-refractivity contribution in [1.29, 1.82) is 0 Å². The van der Waals surface area contributed by atoms with Crippen molar-refractivity contribution in [2.75, 3.05) is 13.1 Å². The van der Waals surface area contributed by atoms with E-state index in [0.29, 0.717) is 19.5 Å². The van der Waals surface area contributed by atoms with Crippen LogP contribution in [0.5, 0.6) is 0 Å². The third-order valence-corrected chi connectivity index (χ3v) is 4.05. The Hall–Kier alpha value is -1.85. The van der Waals surface area contributed by atoms with Gasteiger partial charge in [0, 0.05) is 43.9 Å². The molecule has 0 unspecified atom stereocenters. The first kappa shape index (κ1) is 15.5. The van der Waals surface area contributed by atoms with Crippen LogP contribution in [-0.2, 0) is 22.7 Å². The van der Waals surface area contributed by atoms with Crippen LogP contribution in [0.25, 0.3) is 0 Å². The lowest BCUT2D eigenvalue weighted by Gasteiger charge is -2.26. The summed E-state index contributed by atoms with van der Waals surface area (Å²) in [6, 6.07) is 0.169. The lowest BCUT2D eigenvalue weighted by molar-refractivity contribution is -0.139. The van der Waals surface area contributed by atoms with E-state index in [4.69, 9.17) is 0 Å². The maximum absolute atomic E-state index is 12.4. The minimum Gasteiger partial charge on any atom is -0.337 e. The molecule has 1 aromatic rings. The Kier molecular flexibility index (Phi) is 4.98. The number of carbonyl (C=O) groups is 2. The quantitative estimate of drug-likeness (QED) is 0.793. The number of amides is 2. The smallest absolute Gasteiger partial charge is 0.242 e. The highest BCUT2D eigenvalue weighted by molar-refractivity contribution is 5.86. The fraction of sp³-hybridized carbons (Fsp3) is 0.667. The Bertz CT molecular complexity index is 512. The zero-order valence-corrected chi connectivity index (χ0v) is 13.1. The van der Waals surface area contributed by atoms with Crippen molar-refractivity contribution in [3.8, 4) is 0 Å². The summed E-state index contributed by atoms with van der Waals surface area (Å²) in [4.78, 5) is 27.6. The van der Waals surface area contributed by atoms with Crippen molar-refractivity contribution in [3.05, 3.63) is 18.0 Å². The van der Waals surface area contributed by atoms with Gasteiger partial charge in [-0.1, -0.05) is 0 Å². The fourth-order valence-corrected chi connectivity index (χ4v) is 2.63. The van der Waals surface area contributed by atoms with Gasteiger partial charge in [-0.15, -0.1) is 0 Å². The number of carbonyl (C=O) groups excluding carboxylic acids is 2. The van der Waals surface area contributed by atoms with E-state index in [1.807, 2.05) is 31.6 Å². The van der Waals surface area contributed by atoms with Crippen molar-refractivity contribution in [2.24, 2.45) is 0 Å². The van der Waals surface area contributed by atoms with Crippen molar-refractivity contribution in [3.63, 3.8) is 0 Å². The number of hydrogen-bond donors (Lipinski definition) is 0. The molecule has 0 spiro atoms. The van der Waals surface area contributed by atoms with Gasteiger partial charge < -0.3 is 9.80 Å². The largest absolute Gasteiger partial charge is 0.337 e. The van der Waals surface area contributed by atoms with Crippen LogP contribution >= 0.6 is 0 Å². The van der Waals surface area contributed by atoms with Crippen LogP contribution in [-0.4, -0.2) is 50.5 Å². The fourth-order valence-electron chi connectivity index (χ4n) is 2.63. The topological polar surface area (TPSA) is 58.4 Å². The summed E-state index contributed by atoms with van der Waals surface area (Å²) in [6.45, 7) is 8.17. The Morgan fingerprint density at radius 2 is 2.24 bits per heavy atom. The maximum atomic E-state index is 12.4. The highest BCUT2D eigenvalue weighted by Gasteiger charge is 2.30. The number of likely N-dealkylation sites (N-methyl/N-ethyl adjacent to an activating group) is 1. The molecule has 21 heavy (non-hydrogen) atoms. The van der Waals surface area contributed by atoms with E-state index in [0.717, 1.165) is 18.5 Å². The molecule has 116 valence electrons. The molecule has 0 aliphatic carbocycles. The van der Waals surface area contributed by atoms with Crippen molar-refractivity contribution in [1.82, 2.24) is 19.6 Å². The van der Waals surface area contributed by atoms with Crippen LogP contribution in [0.2, 0.25) is 0 Å². The molecule has 2 amide bonds. The number of aromatic nitrogens is 2. The summed E-state index contributed by atoms with van der Waals surface area (Å²) in [5, 5.41) is 4.22. The lowest BCUT2D eigenvalue weighted by atomic mass is 10.2. The van der Waals surface area contributed by atoms with Gasteiger partial charge in [0.2, 0.25) is 11.8 Å². The van der Waals surface area contributed by atoms with E-state index in [1.54, 1.807) is 16.0 Å². The van der Waals surface area contributed by atoms with E-state index in [9.17, 15) is 9.59 Å². The third-order valence-electron chi connectivity index (χ3n) is 4.05. The van der Waals surface area contributed by atoms with Crippen molar-refractivity contribution < 1.29 is 9.59 Å². The van der Waals surface area contributed by atoms with Gasteiger partial charge in [0.05, 0.1) is 12.7 Å². The molecule has 1 fully saturated rings. The van der Waals surface area contributed by atoms with Crippen LogP contribution in [0.4, 0.5) is 0 Å². The maximum Gasteiger partial charge on any atom is 0.242 e. The first-order valence-electron chi connectivity index (χ1n) is 7.63. The van der Waals surface area contributed by atoms with Gasteiger partial charge >= 0.3 is 0 Å². The minimum absolute atomic E-state index is 0.00356. The van der Waals surface area contributed by atoms with Crippen LogP contribution in [0.1, 0.15) is 39.2 Å². The second-order valence-corrected chi connectivity index (χ2v) is 5.52. The number of aryl methyl sites for hydroxylation is 1. The summed E-state index contributed by atoms with van der Waals surface area (Å²) in [5.74, 6) is 0.0922. The average Bonchev–Trinajstić information content (AvgIpc) is 3.06. The standard InChI is InChI=1S/C15H24N4O2/c1-4-17(9-13-8-16-18(5-2)10-13)15(21)11-19-12(3)6-7-14(19)20/h8,10,12H,4-7,9,11H2,1-3H3/t12-/m1/s1. The summed E-state index contributed by atoms with van der Waals surface area (Å²) in [5.41, 5.74) is 1.02. The third kappa shape index (κ3) is 3.62. The SMILES string of the molecule is CCN(Cc1cnn(CC)c1)C(=O)CN1C(=O)CC[C@H]1C. The molecular formula is C15H24N4O2. The molecule has 6 heteroatoms. The summed E-state index contributed by atoms with van der Waals surface area (Å²) >= 11 is 0. The molecule has 2 rings (SSSR count). The Balaban J connectivity index is 1.96. The number of rotatable bonds is 6. The second kappa shape index (κ2) is 6.74. The molecule has 1 aromatic heterocycles. The highest BCUT2D eigenvalue weighted by atomic mass is 16.2. The minimum atomic E-state index is 0.00356. The van der Waals surface area contributed by atoms with Gasteiger partial charge in [-0.25, -0.2) is 0 Å². The lowest BCUT2D eigenvalue weighted by Crippen LogP contribution is -2.42. The van der Waals surface area contributed by atoms with Crippen molar-refractivity contribution >= 4 is 11.8 Å². The van der Waals surface area contributed by atoms with Gasteiger partial charge in [-0.3, -0.25) is 14.3 Å². The zero-order chi connectivity index (χ0) is 15.4. The molecule has 0 bridgehead atoms. The predicted octanol–water partition coefficient (Wildman–Crippen LogP) is 1.26. The summed E-state index contributed by atoms with van der Waals surface area (Å²) in [7, 11) is 0. The molecule has 0 aromatic carbocycles. The van der Waals surface area contributed by atoms with Gasteiger partial charge in [0.25, 0.3) is 0 Å². The molecule has 1 saturated heterocycles. The van der Waals surface area contributed by atoms with Crippen LogP contribution in [0.15, 0.2) is 12.4 Å². The predicted molar refractivity (Wildman–Crippen MR) is 79.4 cm³/mol. The van der Waals surface area contributed by atoms with Crippen LogP contribution in [0, 0.1) is 0 Å². The van der Waals surface area contributed by atoms with Gasteiger partial charge in [-0.05, 0) is 27.2 Å². The van der Waals surface area contributed by atoms with E-state index in [-0.39, 0.29) is 24.4 Å². The van der Waals surface area contributed by atoms with E-state index in [2.05, 4.69) is 5.10 Å². The number of likely N-dealkylation sites (tertiary alicyclic amines) is 1. The van der Waals surface area contributed by atoms with Crippen LogP contribution < -0.4 is 0 Å². The molecule has 1 aliphatic rings. The first-order chi connectivity index (χ1) is 10.0. The summed E-state index contributed by atoms with van der Waals surface area (Å²) in [6.07, 6.45) is 5.16. The molecular weight excluding hydrogens is 268 g/mol. The monoisotopic (exact) mass is 292 g/mol. The Morgan fingerprint density at radius 1 is 1.48 bits per heavy atom. The number of nitrogens with zero attached hydrogens (tertiary/aromatic N) is 4. The molecule has 6 nitrogen and oxygen atoms in total. The highest BCUT2D eigenvalue weighted by Crippen LogP contribution is 2.18. The molecule has 2 heterocycles. The molecule has 1 aliphatic heterocycles. The van der Waals surface area contributed by atoms with E-state index < -0.39 is 0 Å². The molecule has 0 radical (unpaired) electrons. The average molecular weight is 292 g/mol. The molecule has 1 atom stereocenters. The van der Waals surface area contributed by atoms with Gasteiger partial charge in [-0.2, -0.15) is 5.10 Å².